The maximum absolute atomic E-state index is 12.1. The summed E-state index contributed by atoms with van der Waals surface area (Å²) in [6.45, 7) is 2.40. The first-order valence-electron chi connectivity index (χ1n) is 7.34. The zero-order valence-electron chi connectivity index (χ0n) is 12.1. The summed E-state index contributed by atoms with van der Waals surface area (Å²) in [6, 6.07) is 9.34. The zero-order chi connectivity index (χ0) is 15.4. The molecule has 5 heteroatoms. The lowest BCUT2D eigenvalue weighted by molar-refractivity contribution is 0.0982. The quantitative estimate of drug-likeness (QED) is 0.645. The minimum absolute atomic E-state index is 0.0969. The molecular weight excluding hydrogens is 307 g/mol. The molecule has 1 saturated carbocycles. The monoisotopic (exact) mass is 328 g/mol. The van der Waals surface area contributed by atoms with Crippen molar-refractivity contribution in [2.75, 3.05) is 6.54 Å². The highest BCUT2D eigenvalue weighted by atomic mass is 35.5. The minimum Gasteiger partial charge on any atom is -0.325 e. The van der Waals surface area contributed by atoms with Crippen molar-refractivity contribution in [2.24, 2.45) is 11.7 Å². The lowest BCUT2D eigenvalue weighted by atomic mass is 9.81. The van der Waals surface area contributed by atoms with Gasteiger partial charge in [-0.3, -0.25) is 4.79 Å². The van der Waals surface area contributed by atoms with E-state index in [1.165, 1.54) is 0 Å². The van der Waals surface area contributed by atoms with Gasteiger partial charge in [0.15, 0.2) is 5.78 Å². The Morgan fingerprint density at radius 3 is 2.43 bits per heavy atom. The fourth-order valence-corrected chi connectivity index (χ4v) is 3.65. The Balaban J connectivity index is 1.85. The van der Waals surface area contributed by atoms with E-state index < -0.39 is 0 Å². The van der Waals surface area contributed by atoms with E-state index in [9.17, 15) is 4.79 Å². The first kappa shape index (κ1) is 16.8. The minimum atomic E-state index is -0.150. The number of nitrogens with two attached hydrogens (primary N) is 1. The SMILES string of the molecule is C[C@H](NCC(=O)c1ccccc1)C1CC(Cl)C(N)C(Cl)C1. The second kappa shape index (κ2) is 7.59. The molecule has 1 aliphatic rings. The van der Waals surface area contributed by atoms with Gasteiger partial charge in [0.1, 0.15) is 0 Å². The third-order valence-corrected chi connectivity index (χ3v) is 5.22. The maximum Gasteiger partial charge on any atom is 0.176 e. The number of alkyl halides is 2. The summed E-state index contributed by atoms with van der Waals surface area (Å²) in [5, 5.41) is 3.11. The van der Waals surface area contributed by atoms with Gasteiger partial charge in [0.25, 0.3) is 0 Å². The van der Waals surface area contributed by atoms with E-state index in [1.54, 1.807) is 0 Å². The fraction of sp³-hybridized carbons (Fsp3) is 0.562. The molecule has 1 aromatic carbocycles. The van der Waals surface area contributed by atoms with Crippen LogP contribution in [-0.4, -0.2) is 35.2 Å². The van der Waals surface area contributed by atoms with Crippen LogP contribution in [0.15, 0.2) is 30.3 Å². The van der Waals surface area contributed by atoms with Crippen LogP contribution in [0.2, 0.25) is 0 Å². The van der Waals surface area contributed by atoms with E-state index in [-0.39, 0.29) is 28.6 Å². The Hall–Kier alpha value is -0.610. The standard InChI is InChI=1S/C16H22Cl2N2O/c1-10(12-7-13(17)16(19)14(18)8-12)20-9-15(21)11-5-3-2-4-6-11/h2-6,10,12-14,16,20H,7-9,19H2,1H3/t10-,12?,13?,14?,16?/m0/s1. The van der Waals surface area contributed by atoms with Crippen LogP contribution in [0.3, 0.4) is 0 Å². The molecule has 0 aliphatic heterocycles. The average Bonchev–Trinajstić information content (AvgIpc) is 2.50. The van der Waals surface area contributed by atoms with Crippen LogP contribution >= 0.6 is 23.2 Å². The van der Waals surface area contributed by atoms with Gasteiger partial charge in [0.05, 0.1) is 17.3 Å². The van der Waals surface area contributed by atoms with Gasteiger partial charge in [0.2, 0.25) is 0 Å². The predicted octanol–water partition coefficient (Wildman–Crippen LogP) is 2.80. The number of hydrogen-bond acceptors (Lipinski definition) is 3. The summed E-state index contributed by atoms with van der Waals surface area (Å²) < 4.78 is 0. The van der Waals surface area contributed by atoms with E-state index in [0.29, 0.717) is 12.5 Å². The molecule has 21 heavy (non-hydrogen) atoms. The molecule has 0 bridgehead atoms. The summed E-state index contributed by atoms with van der Waals surface area (Å²) in [5.41, 5.74) is 6.67. The van der Waals surface area contributed by atoms with Gasteiger partial charge in [-0.25, -0.2) is 0 Å². The summed E-state index contributed by atoms with van der Waals surface area (Å²) in [6.07, 6.45) is 1.67. The highest BCUT2D eigenvalue weighted by molar-refractivity contribution is 6.24. The van der Waals surface area contributed by atoms with Crippen LogP contribution in [-0.2, 0) is 0 Å². The highest BCUT2D eigenvalue weighted by Crippen LogP contribution is 2.32. The maximum atomic E-state index is 12.1. The molecular formula is C16H22Cl2N2O. The third kappa shape index (κ3) is 4.43. The van der Waals surface area contributed by atoms with Crippen LogP contribution in [0, 0.1) is 5.92 Å². The molecule has 1 fully saturated rings. The Morgan fingerprint density at radius 1 is 1.29 bits per heavy atom. The number of hydrogen-bond donors (Lipinski definition) is 2. The number of carbonyl (C=O) groups is 1. The first-order chi connectivity index (χ1) is 9.99. The summed E-state index contributed by atoms with van der Waals surface area (Å²) in [7, 11) is 0. The van der Waals surface area contributed by atoms with Crippen LogP contribution in [0.4, 0.5) is 0 Å². The van der Waals surface area contributed by atoms with Crippen molar-refractivity contribution in [2.45, 2.75) is 42.6 Å². The average molecular weight is 329 g/mol. The molecule has 1 aromatic rings. The van der Waals surface area contributed by atoms with Crippen LogP contribution in [0.5, 0.6) is 0 Å². The van der Waals surface area contributed by atoms with Gasteiger partial charge in [-0.1, -0.05) is 30.3 Å². The van der Waals surface area contributed by atoms with Gasteiger partial charge in [-0.2, -0.15) is 0 Å². The first-order valence-corrected chi connectivity index (χ1v) is 8.21. The molecule has 3 nitrogen and oxygen atoms in total. The molecule has 0 radical (unpaired) electrons. The second-order valence-electron chi connectivity index (χ2n) is 5.80. The van der Waals surface area contributed by atoms with Crippen LogP contribution < -0.4 is 11.1 Å². The number of rotatable bonds is 5. The smallest absolute Gasteiger partial charge is 0.176 e. The summed E-state index contributed by atoms with van der Waals surface area (Å²) >= 11 is 12.5. The molecule has 0 saturated heterocycles. The molecule has 3 N–H and O–H groups in total. The van der Waals surface area contributed by atoms with Crippen molar-refractivity contribution in [3.05, 3.63) is 35.9 Å². The van der Waals surface area contributed by atoms with Crippen molar-refractivity contribution >= 4 is 29.0 Å². The Kier molecular flexibility index (Phi) is 6.06. The van der Waals surface area contributed by atoms with E-state index >= 15 is 0 Å². The Bertz CT molecular complexity index is 457. The van der Waals surface area contributed by atoms with Crippen LogP contribution in [0.25, 0.3) is 0 Å². The van der Waals surface area contributed by atoms with E-state index in [0.717, 1.165) is 18.4 Å². The normalized spacial score (nSPS) is 30.9. The molecule has 2 unspecified atom stereocenters. The van der Waals surface area contributed by atoms with Gasteiger partial charge >= 0.3 is 0 Å². The lowest BCUT2D eigenvalue weighted by Crippen LogP contribution is -2.49. The Labute approximate surface area is 136 Å². The second-order valence-corrected chi connectivity index (χ2v) is 6.92. The molecule has 0 aromatic heterocycles. The number of halogens is 2. The van der Waals surface area contributed by atoms with Crippen molar-refractivity contribution in [1.29, 1.82) is 0 Å². The number of nitrogens with one attached hydrogen (secondary N) is 1. The van der Waals surface area contributed by atoms with Crippen molar-refractivity contribution in [3.63, 3.8) is 0 Å². The molecule has 3 atom stereocenters. The number of carbonyl (C=O) groups excluding carboxylic acids is 1. The molecule has 1 aliphatic carbocycles. The number of Topliss-reactive ketones (excluding diaryl/α,β-unsaturated/α-hetero) is 1. The largest absolute Gasteiger partial charge is 0.325 e. The van der Waals surface area contributed by atoms with E-state index in [1.807, 2.05) is 30.3 Å². The third-order valence-electron chi connectivity index (χ3n) is 4.28. The zero-order valence-corrected chi connectivity index (χ0v) is 13.6. The van der Waals surface area contributed by atoms with Crippen LogP contribution in [0.1, 0.15) is 30.1 Å². The summed E-state index contributed by atoms with van der Waals surface area (Å²) in [4.78, 5) is 12.1. The highest BCUT2D eigenvalue weighted by Gasteiger charge is 2.35. The number of ketones is 1. The molecule has 116 valence electrons. The van der Waals surface area contributed by atoms with Gasteiger partial charge in [-0.15, -0.1) is 23.2 Å². The van der Waals surface area contributed by atoms with Crippen molar-refractivity contribution in [3.8, 4) is 0 Å². The van der Waals surface area contributed by atoms with E-state index in [4.69, 9.17) is 28.9 Å². The van der Waals surface area contributed by atoms with E-state index in [2.05, 4.69) is 12.2 Å². The van der Waals surface area contributed by atoms with Gasteiger partial charge in [-0.05, 0) is 25.7 Å². The van der Waals surface area contributed by atoms with Gasteiger partial charge < -0.3 is 11.1 Å². The molecule has 0 heterocycles. The number of benzene rings is 1. The molecule has 0 spiro atoms. The molecule has 2 rings (SSSR count). The predicted molar refractivity (Wildman–Crippen MR) is 88.2 cm³/mol. The fourth-order valence-electron chi connectivity index (χ4n) is 2.77. The van der Waals surface area contributed by atoms with Crippen molar-refractivity contribution in [1.82, 2.24) is 5.32 Å². The Morgan fingerprint density at radius 2 is 1.86 bits per heavy atom. The molecule has 0 amide bonds. The lowest BCUT2D eigenvalue weighted by Gasteiger charge is -2.37. The topological polar surface area (TPSA) is 55.1 Å². The van der Waals surface area contributed by atoms with Crippen molar-refractivity contribution < 1.29 is 4.79 Å². The van der Waals surface area contributed by atoms with Gasteiger partial charge in [0, 0.05) is 17.6 Å². The summed E-state index contributed by atoms with van der Waals surface area (Å²) in [5.74, 6) is 0.443.